The number of hydrogen-bond acceptors (Lipinski definition) is 3. The standard InChI is InChI=1S/C17H20N2O2/c1-12-10-19(11-16(9-18)21-12)17(20)15-7-6-13-4-2-3-5-14(13)8-15/h2-8,12,16H,9-11,18H2,1H3. The van der Waals surface area contributed by atoms with Gasteiger partial charge in [0.05, 0.1) is 12.2 Å². The number of hydrogen-bond donors (Lipinski definition) is 1. The summed E-state index contributed by atoms with van der Waals surface area (Å²) in [6, 6.07) is 13.9. The van der Waals surface area contributed by atoms with Gasteiger partial charge in [0.2, 0.25) is 0 Å². The fraction of sp³-hybridized carbons (Fsp3) is 0.353. The fourth-order valence-electron chi connectivity index (χ4n) is 2.85. The molecular formula is C17H20N2O2. The van der Waals surface area contributed by atoms with Crippen LogP contribution in [0.4, 0.5) is 0 Å². The van der Waals surface area contributed by atoms with E-state index in [1.54, 1.807) is 0 Å². The Balaban J connectivity index is 1.85. The van der Waals surface area contributed by atoms with E-state index < -0.39 is 0 Å². The van der Waals surface area contributed by atoms with Gasteiger partial charge in [-0.2, -0.15) is 0 Å². The van der Waals surface area contributed by atoms with E-state index in [1.165, 1.54) is 0 Å². The summed E-state index contributed by atoms with van der Waals surface area (Å²) in [6.45, 7) is 3.59. The average Bonchev–Trinajstić information content (AvgIpc) is 2.53. The average molecular weight is 284 g/mol. The van der Waals surface area contributed by atoms with Crippen LogP contribution in [-0.4, -0.2) is 42.6 Å². The Hall–Kier alpha value is -1.91. The summed E-state index contributed by atoms with van der Waals surface area (Å²) in [5, 5.41) is 2.23. The largest absolute Gasteiger partial charge is 0.370 e. The van der Waals surface area contributed by atoms with Crippen LogP contribution in [0, 0.1) is 0 Å². The van der Waals surface area contributed by atoms with Gasteiger partial charge in [-0.05, 0) is 29.8 Å². The molecule has 1 heterocycles. The summed E-state index contributed by atoms with van der Waals surface area (Å²) in [4.78, 5) is 14.5. The molecule has 0 saturated carbocycles. The van der Waals surface area contributed by atoms with Crippen molar-refractivity contribution in [3.63, 3.8) is 0 Å². The topological polar surface area (TPSA) is 55.6 Å². The molecule has 0 aliphatic carbocycles. The number of rotatable bonds is 2. The maximum atomic E-state index is 12.7. The van der Waals surface area contributed by atoms with Crippen LogP contribution < -0.4 is 5.73 Å². The van der Waals surface area contributed by atoms with E-state index in [2.05, 4.69) is 0 Å². The molecule has 1 saturated heterocycles. The van der Waals surface area contributed by atoms with Gasteiger partial charge in [0, 0.05) is 25.2 Å². The van der Waals surface area contributed by atoms with E-state index >= 15 is 0 Å². The third-order valence-electron chi connectivity index (χ3n) is 3.87. The van der Waals surface area contributed by atoms with Crippen molar-refractivity contribution in [2.45, 2.75) is 19.1 Å². The minimum absolute atomic E-state index is 0.0247. The highest BCUT2D eigenvalue weighted by molar-refractivity contribution is 5.98. The van der Waals surface area contributed by atoms with Crippen LogP contribution in [0.25, 0.3) is 10.8 Å². The summed E-state index contributed by atoms with van der Waals surface area (Å²) >= 11 is 0. The van der Waals surface area contributed by atoms with Gasteiger partial charge in [0.25, 0.3) is 5.91 Å². The van der Waals surface area contributed by atoms with Crippen molar-refractivity contribution in [3.8, 4) is 0 Å². The van der Waals surface area contributed by atoms with E-state index in [4.69, 9.17) is 10.5 Å². The predicted octanol–water partition coefficient (Wildman–Crippen LogP) is 2.03. The molecule has 2 atom stereocenters. The van der Waals surface area contributed by atoms with Crippen LogP contribution in [0.15, 0.2) is 42.5 Å². The van der Waals surface area contributed by atoms with Crippen LogP contribution >= 0.6 is 0 Å². The summed E-state index contributed by atoms with van der Waals surface area (Å²) < 4.78 is 5.70. The van der Waals surface area contributed by atoms with Gasteiger partial charge in [-0.15, -0.1) is 0 Å². The molecule has 1 aliphatic rings. The molecule has 2 aromatic carbocycles. The quantitative estimate of drug-likeness (QED) is 0.918. The first kappa shape index (κ1) is 14.0. The number of carbonyl (C=O) groups excluding carboxylic acids is 1. The van der Waals surface area contributed by atoms with Crippen LogP contribution in [0.2, 0.25) is 0 Å². The molecule has 110 valence electrons. The van der Waals surface area contributed by atoms with Crippen molar-refractivity contribution >= 4 is 16.7 Å². The Labute approximate surface area is 124 Å². The zero-order valence-electron chi connectivity index (χ0n) is 12.2. The maximum Gasteiger partial charge on any atom is 0.254 e. The van der Waals surface area contributed by atoms with E-state index in [9.17, 15) is 4.79 Å². The Kier molecular flexibility index (Phi) is 3.90. The van der Waals surface area contributed by atoms with Gasteiger partial charge in [-0.25, -0.2) is 0 Å². The molecule has 0 radical (unpaired) electrons. The van der Waals surface area contributed by atoms with E-state index in [-0.39, 0.29) is 18.1 Å². The van der Waals surface area contributed by atoms with Gasteiger partial charge in [0.15, 0.2) is 0 Å². The number of carbonyl (C=O) groups is 1. The zero-order chi connectivity index (χ0) is 14.8. The number of nitrogens with two attached hydrogens (primary N) is 1. The summed E-state index contributed by atoms with van der Waals surface area (Å²) in [5.41, 5.74) is 6.40. The first-order valence-corrected chi connectivity index (χ1v) is 7.31. The molecule has 21 heavy (non-hydrogen) atoms. The third-order valence-corrected chi connectivity index (χ3v) is 3.87. The number of fused-ring (bicyclic) bond motifs is 1. The smallest absolute Gasteiger partial charge is 0.254 e. The van der Waals surface area contributed by atoms with Gasteiger partial charge in [-0.3, -0.25) is 4.79 Å². The number of morpholine rings is 1. The Bertz CT molecular complexity index is 656. The lowest BCUT2D eigenvalue weighted by Gasteiger charge is -2.36. The maximum absolute atomic E-state index is 12.7. The predicted molar refractivity (Wildman–Crippen MR) is 83.2 cm³/mol. The molecule has 3 rings (SSSR count). The number of amides is 1. The number of ether oxygens (including phenoxy) is 1. The lowest BCUT2D eigenvalue weighted by Crippen LogP contribution is -2.51. The van der Waals surface area contributed by atoms with E-state index in [1.807, 2.05) is 54.3 Å². The van der Waals surface area contributed by atoms with Gasteiger partial charge >= 0.3 is 0 Å². The highest BCUT2D eigenvalue weighted by atomic mass is 16.5. The van der Waals surface area contributed by atoms with Gasteiger partial charge < -0.3 is 15.4 Å². The summed E-state index contributed by atoms with van der Waals surface area (Å²) in [7, 11) is 0. The molecule has 1 aliphatic heterocycles. The normalized spacial score (nSPS) is 22.5. The van der Waals surface area contributed by atoms with Crippen molar-refractivity contribution in [3.05, 3.63) is 48.0 Å². The third kappa shape index (κ3) is 2.91. The molecule has 1 fully saturated rings. The Morgan fingerprint density at radius 3 is 2.76 bits per heavy atom. The van der Waals surface area contributed by atoms with Crippen molar-refractivity contribution < 1.29 is 9.53 Å². The second-order valence-corrected chi connectivity index (χ2v) is 5.58. The highest BCUT2D eigenvalue weighted by Crippen LogP contribution is 2.19. The minimum Gasteiger partial charge on any atom is -0.370 e. The molecule has 0 aromatic heterocycles. The molecule has 4 heteroatoms. The SMILES string of the molecule is CC1CN(C(=O)c2ccc3ccccc3c2)CC(CN)O1. The van der Waals surface area contributed by atoms with Crippen molar-refractivity contribution in [1.29, 1.82) is 0 Å². The second kappa shape index (κ2) is 5.84. The molecular weight excluding hydrogens is 264 g/mol. The molecule has 2 N–H and O–H groups in total. The van der Waals surface area contributed by atoms with Gasteiger partial charge in [-0.1, -0.05) is 30.3 Å². The fourth-order valence-corrected chi connectivity index (χ4v) is 2.85. The molecule has 1 amide bonds. The van der Waals surface area contributed by atoms with Crippen molar-refractivity contribution in [2.24, 2.45) is 5.73 Å². The van der Waals surface area contributed by atoms with E-state index in [0.717, 1.165) is 16.3 Å². The highest BCUT2D eigenvalue weighted by Gasteiger charge is 2.28. The molecule has 0 bridgehead atoms. The van der Waals surface area contributed by atoms with Crippen LogP contribution in [-0.2, 0) is 4.74 Å². The van der Waals surface area contributed by atoms with Crippen LogP contribution in [0.1, 0.15) is 17.3 Å². The lowest BCUT2D eigenvalue weighted by molar-refractivity contribution is -0.0625. The first-order chi connectivity index (χ1) is 10.2. The Morgan fingerprint density at radius 2 is 2.00 bits per heavy atom. The monoisotopic (exact) mass is 284 g/mol. The molecule has 2 unspecified atom stereocenters. The summed E-state index contributed by atoms with van der Waals surface area (Å²) in [5.74, 6) is 0.0503. The summed E-state index contributed by atoms with van der Waals surface area (Å²) in [6.07, 6.45) is -0.0464. The number of nitrogens with zero attached hydrogens (tertiary/aromatic N) is 1. The lowest BCUT2D eigenvalue weighted by atomic mass is 10.1. The van der Waals surface area contributed by atoms with Crippen molar-refractivity contribution in [2.75, 3.05) is 19.6 Å². The van der Waals surface area contributed by atoms with Crippen LogP contribution in [0.5, 0.6) is 0 Å². The molecule has 4 nitrogen and oxygen atoms in total. The minimum atomic E-state index is -0.0712. The van der Waals surface area contributed by atoms with Crippen LogP contribution in [0.3, 0.4) is 0 Å². The van der Waals surface area contributed by atoms with Gasteiger partial charge in [0.1, 0.15) is 0 Å². The van der Waals surface area contributed by atoms with E-state index in [0.29, 0.717) is 19.6 Å². The van der Waals surface area contributed by atoms with Crippen molar-refractivity contribution in [1.82, 2.24) is 4.90 Å². The Morgan fingerprint density at radius 1 is 1.24 bits per heavy atom. The molecule has 2 aromatic rings. The number of benzene rings is 2. The zero-order valence-corrected chi connectivity index (χ0v) is 12.2. The molecule has 0 spiro atoms. The second-order valence-electron chi connectivity index (χ2n) is 5.58. The first-order valence-electron chi connectivity index (χ1n) is 7.31.